The normalized spacial score (nSPS) is 22.6. The molecule has 1 unspecified atom stereocenters. The van der Waals surface area contributed by atoms with E-state index in [4.69, 9.17) is 0 Å². The molecule has 1 fully saturated rings. The molecule has 0 amide bonds. The molecule has 1 saturated heterocycles. The molecular formula is C10H13N3OS. The van der Waals surface area contributed by atoms with Gasteiger partial charge in [0, 0.05) is 30.4 Å². The van der Waals surface area contributed by atoms with Crippen molar-refractivity contribution in [2.45, 2.75) is 6.04 Å². The van der Waals surface area contributed by atoms with Gasteiger partial charge in [0.15, 0.2) is 0 Å². The molecule has 1 aliphatic rings. The number of hydrogen-bond acceptors (Lipinski definition) is 5. The molecule has 5 heteroatoms. The predicted octanol–water partition coefficient (Wildman–Crippen LogP) is 0.706. The summed E-state index contributed by atoms with van der Waals surface area (Å²) in [6.45, 7) is 0.960. The largest absolute Gasteiger partial charge is 0.295 e. The lowest BCUT2D eigenvalue weighted by molar-refractivity contribution is 0.0869. The summed E-state index contributed by atoms with van der Waals surface area (Å²) in [5.74, 6) is 2.03. The van der Waals surface area contributed by atoms with E-state index >= 15 is 0 Å². The summed E-state index contributed by atoms with van der Waals surface area (Å²) in [7, 11) is 1.98. The fraction of sp³-hybridized carbons (Fsp3) is 0.500. The van der Waals surface area contributed by atoms with Gasteiger partial charge in [0.05, 0.1) is 12.2 Å². The van der Waals surface area contributed by atoms with Crippen LogP contribution >= 0.6 is 11.8 Å². The van der Waals surface area contributed by atoms with Crippen LogP contribution in [0, 0.1) is 0 Å². The zero-order valence-electron chi connectivity index (χ0n) is 8.59. The lowest BCUT2D eigenvalue weighted by atomic mass is 10.1. The number of thioether (sulfide) groups is 1. The maximum absolute atomic E-state index is 12.1. The van der Waals surface area contributed by atoms with Gasteiger partial charge in [0.1, 0.15) is 5.69 Å². The number of aromatic nitrogens is 2. The molecule has 2 rings (SSSR count). The van der Waals surface area contributed by atoms with Gasteiger partial charge < -0.3 is 0 Å². The highest BCUT2D eigenvalue weighted by Crippen LogP contribution is 2.17. The molecule has 1 aromatic rings. The average molecular weight is 223 g/mol. The maximum atomic E-state index is 12.1. The van der Waals surface area contributed by atoms with Crippen molar-refractivity contribution in [1.82, 2.24) is 14.9 Å². The minimum Gasteiger partial charge on any atom is -0.295 e. The second-order valence-electron chi connectivity index (χ2n) is 3.53. The Bertz CT molecular complexity index is 344. The summed E-state index contributed by atoms with van der Waals surface area (Å²) in [5, 5.41) is 0. The van der Waals surface area contributed by atoms with Crippen LogP contribution in [0.1, 0.15) is 10.5 Å². The van der Waals surface area contributed by atoms with Crippen molar-refractivity contribution in [3.63, 3.8) is 0 Å². The van der Waals surface area contributed by atoms with E-state index in [-0.39, 0.29) is 11.8 Å². The number of likely N-dealkylation sites (N-methyl/N-ethyl adjacent to an activating group) is 1. The van der Waals surface area contributed by atoms with Gasteiger partial charge in [-0.3, -0.25) is 14.7 Å². The highest BCUT2D eigenvalue weighted by molar-refractivity contribution is 7.99. The molecule has 0 bridgehead atoms. The van der Waals surface area contributed by atoms with Crippen LogP contribution in [0.3, 0.4) is 0 Å². The molecule has 0 saturated carbocycles. The van der Waals surface area contributed by atoms with Crippen LogP contribution in [-0.2, 0) is 0 Å². The monoisotopic (exact) mass is 223 g/mol. The molecule has 80 valence electrons. The molecule has 1 atom stereocenters. The Morgan fingerprint density at radius 2 is 2.47 bits per heavy atom. The van der Waals surface area contributed by atoms with Crippen molar-refractivity contribution < 1.29 is 4.79 Å². The molecule has 0 N–H and O–H groups in total. The van der Waals surface area contributed by atoms with Crippen LogP contribution in [0.5, 0.6) is 0 Å². The van der Waals surface area contributed by atoms with Crippen molar-refractivity contribution in [3.8, 4) is 0 Å². The van der Waals surface area contributed by atoms with Gasteiger partial charge in [0.2, 0.25) is 5.78 Å². The molecule has 1 aliphatic heterocycles. The van der Waals surface area contributed by atoms with Crippen LogP contribution in [0.25, 0.3) is 0 Å². The number of carbonyl (C=O) groups excluding carboxylic acids is 1. The standard InChI is InChI=1S/C10H13N3OS/c1-13-4-5-15-7-9(13)10(14)8-6-11-2-3-12-8/h2-3,6,9H,4-5,7H2,1H3. The summed E-state index contributed by atoms with van der Waals surface area (Å²) >= 11 is 1.82. The quantitative estimate of drug-likeness (QED) is 0.691. The molecule has 1 aromatic heterocycles. The molecular weight excluding hydrogens is 210 g/mol. The third kappa shape index (κ3) is 2.35. The third-order valence-electron chi connectivity index (χ3n) is 2.51. The van der Waals surface area contributed by atoms with E-state index in [0.29, 0.717) is 5.69 Å². The predicted molar refractivity (Wildman–Crippen MR) is 60.1 cm³/mol. The third-order valence-corrected chi connectivity index (χ3v) is 3.54. The second kappa shape index (κ2) is 4.72. The minimum atomic E-state index is -0.0413. The second-order valence-corrected chi connectivity index (χ2v) is 4.68. The van der Waals surface area contributed by atoms with Crippen molar-refractivity contribution >= 4 is 17.5 Å². The summed E-state index contributed by atoms with van der Waals surface area (Å²) in [6.07, 6.45) is 4.68. The molecule has 2 heterocycles. The Kier molecular flexibility index (Phi) is 3.33. The van der Waals surface area contributed by atoms with Gasteiger partial charge in [-0.15, -0.1) is 0 Å². The topological polar surface area (TPSA) is 46.1 Å². The molecule has 4 nitrogen and oxygen atoms in total. The van der Waals surface area contributed by atoms with Gasteiger partial charge in [-0.25, -0.2) is 4.98 Å². The summed E-state index contributed by atoms with van der Waals surface area (Å²) in [5.41, 5.74) is 0.469. The molecule has 0 radical (unpaired) electrons. The SMILES string of the molecule is CN1CCSCC1C(=O)c1cnccn1. The highest BCUT2D eigenvalue weighted by Gasteiger charge is 2.27. The van der Waals surface area contributed by atoms with E-state index in [2.05, 4.69) is 14.9 Å². The Hall–Kier alpha value is -0.940. The number of ketones is 1. The lowest BCUT2D eigenvalue weighted by Gasteiger charge is -2.30. The summed E-state index contributed by atoms with van der Waals surface area (Å²) in [4.78, 5) is 22.1. The van der Waals surface area contributed by atoms with Gasteiger partial charge in [-0.1, -0.05) is 0 Å². The van der Waals surface area contributed by atoms with E-state index in [1.54, 1.807) is 12.4 Å². The smallest absolute Gasteiger partial charge is 0.200 e. The summed E-state index contributed by atoms with van der Waals surface area (Å²) in [6, 6.07) is -0.0413. The fourth-order valence-electron chi connectivity index (χ4n) is 1.56. The van der Waals surface area contributed by atoms with Gasteiger partial charge in [-0.05, 0) is 7.05 Å². The van der Waals surface area contributed by atoms with Gasteiger partial charge in [-0.2, -0.15) is 11.8 Å². The first-order valence-corrected chi connectivity index (χ1v) is 6.02. The zero-order chi connectivity index (χ0) is 10.7. The first kappa shape index (κ1) is 10.6. The van der Waals surface area contributed by atoms with E-state index in [9.17, 15) is 4.79 Å². The van der Waals surface area contributed by atoms with Crippen molar-refractivity contribution in [2.75, 3.05) is 25.1 Å². The first-order chi connectivity index (χ1) is 7.29. The Labute approximate surface area is 93.1 Å². The van der Waals surface area contributed by atoms with Crippen molar-refractivity contribution in [3.05, 3.63) is 24.3 Å². The van der Waals surface area contributed by atoms with Crippen molar-refractivity contribution in [1.29, 1.82) is 0 Å². The number of rotatable bonds is 2. The van der Waals surface area contributed by atoms with Crippen LogP contribution in [0.4, 0.5) is 0 Å². The molecule has 0 aliphatic carbocycles. The van der Waals surface area contributed by atoms with E-state index < -0.39 is 0 Å². The summed E-state index contributed by atoms with van der Waals surface area (Å²) < 4.78 is 0. The van der Waals surface area contributed by atoms with E-state index in [1.165, 1.54) is 6.20 Å². The molecule has 0 spiro atoms. The number of nitrogens with zero attached hydrogens (tertiary/aromatic N) is 3. The number of Topliss-reactive ketones (excluding diaryl/α,β-unsaturated/α-hetero) is 1. The highest BCUT2D eigenvalue weighted by atomic mass is 32.2. The van der Waals surface area contributed by atoms with Crippen LogP contribution < -0.4 is 0 Å². The first-order valence-electron chi connectivity index (χ1n) is 4.87. The lowest BCUT2D eigenvalue weighted by Crippen LogP contribution is -2.45. The Balaban J connectivity index is 2.13. The maximum Gasteiger partial charge on any atom is 0.200 e. The van der Waals surface area contributed by atoms with Crippen LogP contribution in [0.2, 0.25) is 0 Å². The average Bonchev–Trinajstić information content (AvgIpc) is 2.30. The fourth-order valence-corrected chi connectivity index (χ4v) is 2.77. The van der Waals surface area contributed by atoms with E-state index in [0.717, 1.165) is 18.1 Å². The Morgan fingerprint density at radius 1 is 1.60 bits per heavy atom. The van der Waals surface area contributed by atoms with Gasteiger partial charge >= 0.3 is 0 Å². The minimum absolute atomic E-state index is 0.0413. The van der Waals surface area contributed by atoms with Crippen LogP contribution in [-0.4, -0.2) is 51.8 Å². The van der Waals surface area contributed by atoms with Crippen LogP contribution in [0.15, 0.2) is 18.6 Å². The zero-order valence-corrected chi connectivity index (χ0v) is 9.41. The molecule has 15 heavy (non-hydrogen) atoms. The number of hydrogen-bond donors (Lipinski definition) is 0. The van der Waals surface area contributed by atoms with Crippen molar-refractivity contribution in [2.24, 2.45) is 0 Å². The van der Waals surface area contributed by atoms with E-state index in [1.807, 2.05) is 18.8 Å². The van der Waals surface area contributed by atoms with Gasteiger partial charge in [0.25, 0.3) is 0 Å². The molecule has 0 aromatic carbocycles. The number of carbonyl (C=O) groups is 1. The Morgan fingerprint density at radius 3 is 3.13 bits per heavy atom.